The average molecular weight is 201 g/mol. The summed E-state index contributed by atoms with van der Waals surface area (Å²) in [5, 5.41) is 2.79. The van der Waals surface area contributed by atoms with E-state index in [1.165, 1.54) is 0 Å². The molecule has 1 heterocycles. The van der Waals surface area contributed by atoms with Crippen molar-refractivity contribution < 1.29 is 9.53 Å². The van der Waals surface area contributed by atoms with Crippen molar-refractivity contribution in [2.75, 3.05) is 26.3 Å². The number of ether oxygens (including phenoxy) is 1. The summed E-state index contributed by atoms with van der Waals surface area (Å²) in [6.45, 7) is 2.33. The lowest BCUT2D eigenvalue weighted by atomic mass is 9.90. The number of nitrogens with one attached hydrogen (secondary N) is 1. The van der Waals surface area contributed by atoms with Gasteiger partial charge in [0.05, 0.1) is 5.54 Å². The van der Waals surface area contributed by atoms with Gasteiger partial charge in [0.25, 0.3) is 0 Å². The first-order valence-electron chi connectivity index (χ1n) is 5.04. The minimum atomic E-state index is -0.729. The van der Waals surface area contributed by atoms with Crippen LogP contribution in [0.5, 0.6) is 0 Å². The lowest BCUT2D eigenvalue weighted by Crippen LogP contribution is -2.57. The highest BCUT2D eigenvalue weighted by Crippen LogP contribution is 2.17. The standard InChI is InChI=1S/C9H19N3O2/c10-4-1-5-12-8(13)9(11)2-6-14-7-3-9/h1-7,10-11H2,(H,12,13). The van der Waals surface area contributed by atoms with Gasteiger partial charge in [-0.05, 0) is 25.8 Å². The van der Waals surface area contributed by atoms with E-state index in [0.717, 1.165) is 6.42 Å². The fourth-order valence-corrected chi connectivity index (χ4v) is 1.44. The Morgan fingerprint density at radius 2 is 2.07 bits per heavy atom. The second-order valence-corrected chi connectivity index (χ2v) is 3.67. The van der Waals surface area contributed by atoms with Gasteiger partial charge in [-0.3, -0.25) is 4.79 Å². The lowest BCUT2D eigenvalue weighted by molar-refractivity contribution is -0.129. The van der Waals surface area contributed by atoms with Gasteiger partial charge in [0.2, 0.25) is 5.91 Å². The summed E-state index contributed by atoms with van der Waals surface area (Å²) in [5.41, 5.74) is 10.6. The Balaban J connectivity index is 2.33. The van der Waals surface area contributed by atoms with E-state index in [2.05, 4.69) is 5.32 Å². The van der Waals surface area contributed by atoms with Crippen molar-refractivity contribution in [1.29, 1.82) is 0 Å². The molecule has 0 aromatic rings. The van der Waals surface area contributed by atoms with Gasteiger partial charge in [-0.15, -0.1) is 0 Å². The van der Waals surface area contributed by atoms with Gasteiger partial charge < -0.3 is 21.5 Å². The van der Waals surface area contributed by atoms with Crippen LogP contribution in [0.3, 0.4) is 0 Å². The first-order valence-corrected chi connectivity index (χ1v) is 5.04. The van der Waals surface area contributed by atoms with Crippen molar-refractivity contribution in [3.8, 4) is 0 Å². The predicted octanol–water partition coefficient (Wildman–Crippen LogP) is -1.04. The van der Waals surface area contributed by atoms with E-state index in [0.29, 0.717) is 39.1 Å². The van der Waals surface area contributed by atoms with Crippen LogP contribution in [0.15, 0.2) is 0 Å². The SMILES string of the molecule is NCCCNC(=O)C1(N)CCOCC1. The van der Waals surface area contributed by atoms with Crippen molar-refractivity contribution in [2.24, 2.45) is 11.5 Å². The molecule has 1 amide bonds. The molecule has 5 N–H and O–H groups in total. The Morgan fingerprint density at radius 1 is 1.43 bits per heavy atom. The molecule has 5 nitrogen and oxygen atoms in total. The molecule has 1 saturated heterocycles. The number of hydrogen-bond acceptors (Lipinski definition) is 4. The van der Waals surface area contributed by atoms with Gasteiger partial charge in [0.15, 0.2) is 0 Å². The molecule has 1 rings (SSSR count). The van der Waals surface area contributed by atoms with E-state index < -0.39 is 5.54 Å². The topological polar surface area (TPSA) is 90.4 Å². The van der Waals surface area contributed by atoms with Crippen LogP contribution in [-0.4, -0.2) is 37.7 Å². The summed E-state index contributed by atoms with van der Waals surface area (Å²) < 4.78 is 5.16. The van der Waals surface area contributed by atoms with Gasteiger partial charge >= 0.3 is 0 Å². The van der Waals surface area contributed by atoms with E-state index in [9.17, 15) is 4.79 Å². The highest BCUT2D eigenvalue weighted by molar-refractivity contribution is 5.86. The van der Waals surface area contributed by atoms with Crippen molar-refractivity contribution in [3.05, 3.63) is 0 Å². The summed E-state index contributed by atoms with van der Waals surface area (Å²) in [5.74, 6) is -0.0748. The maximum Gasteiger partial charge on any atom is 0.240 e. The molecule has 1 aliphatic rings. The molecule has 1 aliphatic heterocycles. The number of carbonyl (C=O) groups excluding carboxylic acids is 1. The fourth-order valence-electron chi connectivity index (χ4n) is 1.44. The minimum Gasteiger partial charge on any atom is -0.381 e. The number of nitrogens with two attached hydrogens (primary N) is 2. The molecule has 0 saturated carbocycles. The van der Waals surface area contributed by atoms with E-state index in [1.54, 1.807) is 0 Å². The Labute approximate surface area is 84.2 Å². The second-order valence-electron chi connectivity index (χ2n) is 3.67. The molecule has 1 fully saturated rings. The maximum absolute atomic E-state index is 11.7. The predicted molar refractivity (Wildman–Crippen MR) is 53.7 cm³/mol. The van der Waals surface area contributed by atoms with Crippen LogP contribution >= 0.6 is 0 Å². The van der Waals surface area contributed by atoms with Gasteiger partial charge in [-0.1, -0.05) is 0 Å². The summed E-state index contributed by atoms with van der Waals surface area (Å²) in [7, 11) is 0. The number of carbonyl (C=O) groups is 1. The second kappa shape index (κ2) is 5.29. The minimum absolute atomic E-state index is 0.0748. The molecule has 82 valence electrons. The van der Waals surface area contributed by atoms with Crippen molar-refractivity contribution in [2.45, 2.75) is 24.8 Å². The Bertz CT molecular complexity index is 190. The molecule has 0 aliphatic carbocycles. The van der Waals surface area contributed by atoms with E-state index in [1.807, 2.05) is 0 Å². The van der Waals surface area contributed by atoms with Gasteiger partial charge in [0.1, 0.15) is 0 Å². The fraction of sp³-hybridized carbons (Fsp3) is 0.889. The first kappa shape index (κ1) is 11.4. The molecule has 0 radical (unpaired) electrons. The molecule has 0 unspecified atom stereocenters. The molecule has 0 atom stereocenters. The van der Waals surface area contributed by atoms with Crippen LogP contribution in [-0.2, 0) is 9.53 Å². The molecule has 0 aromatic heterocycles. The van der Waals surface area contributed by atoms with Gasteiger partial charge in [-0.2, -0.15) is 0 Å². The molecular weight excluding hydrogens is 182 g/mol. The monoisotopic (exact) mass is 201 g/mol. The number of amides is 1. The zero-order valence-electron chi connectivity index (χ0n) is 8.42. The van der Waals surface area contributed by atoms with Crippen molar-refractivity contribution in [1.82, 2.24) is 5.32 Å². The molecule has 5 heteroatoms. The normalized spacial score (nSPS) is 20.4. The molecule has 0 aromatic carbocycles. The third-order valence-electron chi connectivity index (χ3n) is 2.50. The van der Waals surface area contributed by atoms with E-state index in [4.69, 9.17) is 16.2 Å². The lowest BCUT2D eigenvalue weighted by Gasteiger charge is -2.31. The van der Waals surface area contributed by atoms with Crippen LogP contribution in [0.1, 0.15) is 19.3 Å². The number of hydrogen-bond donors (Lipinski definition) is 3. The smallest absolute Gasteiger partial charge is 0.240 e. The Kier molecular flexibility index (Phi) is 4.31. The number of rotatable bonds is 4. The van der Waals surface area contributed by atoms with Crippen LogP contribution in [0, 0.1) is 0 Å². The zero-order valence-corrected chi connectivity index (χ0v) is 8.42. The van der Waals surface area contributed by atoms with Gasteiger partial charge in [0, 0.05) is 19.8 Å². The summed E-state index contributed by atoms with van der Waals surface area (Å²) in [6.07, 6.45) is 1.99. The summed E-state index contributed by atoms with van der Waals surface area (Å²) in [4.78, 5) is 11.7. The zero-order chi connectivity index (χ0) is 10.4. The van der Waals surface area contributed by atoms with Crippen LogP contribution in [0.4, 0.5) is 0 Å². The third-order valence-corrected chi connectivity index (χ3v) is 2.50. The quantitative estimate of drug-likeness (QED) is 0.507. The first-order chi connectivity index (χ1) is 6.69. The maximum atomic E-state index is 11.7. The summed E-state index contributed by atoms with van der Waals surface area (Å²) >= 11 is 0. The molecule has 14 heavy (non-hydrogen) atoms. The summed E-state index contributed by atoms with van der Waals surface area (Å²) in [6, 6.07) is 0. The van der Waals surface area contributed by atoms with Crippen LogP contribution in [0.2, 0.25) is 0 Å². The van der Waals surface area contributed by atoms with E-state index >= 15 is 0 Å². The van der Waals surface area contributed by atoms with Crippen molar-refractivity contribution >= 4 is 5.91 Å². The Morgan fingerprint density at radius 3 is 2.64 bits per heavy atom. The molecular formula is C9H19N3O2. The Hall–Kier alpha value is -0.650. The highest BCUT2D eigenvalue weighted by Gasteiger charge is 2.35. The van der Waals surface area contributed by atoms with Crippen molar-refractivity contribution in [3.63, 3.8) is 0 Å². The average Bonchev–Trinajstić information content (AvgIpc) is 2.19. The molecule has 0 spiro atoms. The van der Waals surface area contributed by atoms with Crippen LogP contribution in [0.25, 0.3) is 0 Å². The molecule has 0 bridgehead atoms. The third kappa shape index (κ3) is 2.94. The van der Waals surface area contributed by atoms with E-state index in [-0.39, 0.29) is 5.91 Å². The largest absolute Gasteiger partial charge is 0.381 e. The van der Waals surface area contributed by atoms with Gasteiger partial charge in [-0.25, -0.2) is 0 Å². The highest BCUT2D eigenvalue weighted by atomic mass is 16.5. The van der Waals surface area contributed by atoms with Crippen LogP contribution < -0.4 is 16.8 Å².